The molecule has 0 aliphatic carbocycles. The van der Waals surface area contributed by atoms with E-state index in [0.29, 0.717) is 11.1 Å². The summed E-state index contributed by atoms with van der Waals surface area (Å²) in [6.45, 7) is 1.73. The first-order valence-corrected chi connectivity index (χ1v) is 7.13. The topological polar surface area (TPSA) is 49.3 Å². The fourth-order valence-electron chi connectivity index (χ4n) is 1.81. The van der Waals surface area contributed by atoms with Crippen molar-refractivity contribution in [2.75, 3.05) is 6.61 Å². The number of nitrogens with one attached hydrogen (secondary N) is 1. The quantitative estimate of drug-likeness (QED) is 0.852. The molecule has 1 atom stereocenters. The minimum Gasteiger partial charge on any atom is -0.384 e. The van der Waals surface area contributed by atoms with Gasteiger partial charge in [-0.25, -0.2) is 0 Å². The molecule has 1 aromatic carbocycles. The summed E-state index contributed by atoms with van der Waals surface area (Å²) in [6.07, 6.45) is 0. The summed E-state index contributed by atoms with van der Waals surface area (Å²) >= 11 is 1.61. The normalized spacial score (nSPS) is 11.3. The molecule has 0 fully saturated rings. The molecule has 2 aromatic rings. The van der Waals surface area contributed by atoms with Gasteiger partial charge in [-0.2, -0.15) is 0 Å². The number of carbonyl (C=O) groups excluding carboxylic acids is 1. The van der Waals surface area contributed by atoms with Crippen molar-refractivity contribution in [2.45, 2.75) is 13.0 Å². The number of hydrogen-bond donors (Lipinski definition) is 2. The molecule has 1 unspecified atom stereocenters. The fraction of sp³-hybridized carbons (Fsp3) is 0.188. The third-order valence-corrected chi connectivity index (χ3v) is 3.85. The molecule has 0 bridgehead atoms. The van der Waals surface area contributed by atoms with Gasteiger partial charge in [-0.3, -0.25) is 4.79 Å². The van der Waals surface area contributed by atoms with Crippen LogP contribution in [-0.4, -0.2) is 17.6 Å². The van der Waals surface area contributed by atoms with Gasteiger partial charge < -0.3 is 10.4 Å². The second kappa shape index (κ2) is 6.90. The van der Waals surface area contributed by atoms with Crippen LogP contribution >= 0.6 is 11.3 Å². The minimum atomic E-state index is -0.221. The maximum absolute atomic E-state index is 12.3. The first-order valence-electron chi connectivity index (χ1n) is 6.25. The Kier molecular flexibility index (Phi) is 4.94. The lowest BCUT2D eigenvalue weighted by molar-refractivity contribution is 0.0940. The van der Waals surface area contributed by atoms with E-state index in [4.69, 9.17) is 5.11 Å². The van der Waals surface area contributed by atoms with Crippen molar-refractivity contribution in [2.24, 2.45) is 0 Å². The molecule has 20 heavy (non-hydrogen) atoms. The molecule has 1 aromatic heterocycles. The van der Waals surface area contributed by atoms with Crippen LogP contribution < -0.4 is 5.32 Å². The Morgan fingerprint density at radius 2 is 2.15 bits per heavy atom. The molecule has 0 spiro atoms. The summed E-state index contributed by atoms with van der Waals surface area (Å²) in [5, 5.41) is 13.7. The van der Waals surface area contributed by atoms with E-state index in [1.165, 1.54) is 0 Å². The molecule has 3 nitrogen and oxygen atoms in total. The van der Waals surface area contributed by atoms with Crippen LogP contribution in [0.1, 0.15) is 33.8 Å². The van der Waals surface area contributed by atoms with Gasteiger partial charge in [-0.1, -0.05) is 30.0 Å². The number of hydrogen-bond acceptors (Lipinski definition) is 3. The Hall–Kier alpha value is -2.09. The maximum Gasteiger partial charge on any atom is 0.253 e. The van der Waals surface area contributed by atoms with Gasteiger partial charge >= 0.3 is 0 Å². The third kappa shape index (κ3) is 3.47. The van der Waals surface area contributed by atoms with Crippen LogP contribution in [0.25, 0.3) is 0 Å². The van der Waals surface area contributed by atoms with Gasteiger partial charge in [0.1, 0.15) is 6.61 Å². The zero-order valence-corrected chi connectivity index (χ0v) is 11.9. The second-order valence-corrected chi connectivity index (χ2v) is 5.20. The van der Waals surface area contributed by atoms with Crippen LogP contribution in [0.15, 0.2) is 41.8 Å². The zero-order valence-electron chi connectivity index (χ0n) is 11.1. The standard InChI is InChI=1S/C16H15NO2S/c1-12(15-9-5-11-20-15)17-16(19)14-8-3-2-6-13(14)7-4-10-18/h2-3,5-6,8-9,11-12,18H,10H2,1H3,(H,17,19). The van der Waals surface area contributed by atoms with E-state index in [1.54, 1.807) is 29.5 Å². The average Bonchev–Trinajstić information content (AvgIpc) is 2.99. The monoisotopic (exact) mass is 285 g/mol. The van der Waals surface area contributed by atoms with Gasteiger partial charge in [0, 0.05) is 10.4 Å². The van der Waals surface area contributed by atoms with Crippen molar-refractivity contribution >= 4 is 17.2 Å². The molecule has 102 valence electrons. The summed E-state index contributed by atoms with van der Waals surface area (Å²) < 4.78 is 0. The van der Waals surface area contributed by atoms with Crippen molar-refractivity contribution in [3.8, 4) is 11.8 Å². The highest BCUT2D eigenvalue weighted by molar-refractivity contribution is 7.10. The predicted octanol–water partition coefficient (Wildman–Crippen LogP) is 2.58. The zero-order chi connectivity index (χ0) is 14.4. The van der Waals surface area contributed by atoms with Gasteiger partial charge in [0.25, 0.3) is 5.91 Å². The molecule has 4 heteroatoms. The number of amides is 1. The van der Waals surface area contributed by atoms with E-state index in [-0.39, 0.29) is 18.6 Å². The molecule has 1 heterocycles. The molecule has 0 aliphatic heterocycles. The number of rotatable bonds is 3. The van der Waals surface area contributed by atoms with Crippen molar-refractivity contribution in [1.29, 1.82) is 0 Å². The number of aliphatic hydroxyl groups is 1. The highest BCUT2D eigenvalue weighted by Crippen LogP contribution is 2.19. The number of benzene rings is 1. The van der Waals surface area contributed by atoms with E-state index < -0.39 is 0 Å². The van der Waals surface area contributed by atoms with E-state index in [2.05, 4.69) is 17.2 Å². The van der Waals surface area contributed by atoms with Gasteiger partial charge in [-0.15, -0.1) is 11.3 Å². The molecule has 0 radical (unpaired) electrons. The van der Waals surface area contributed by atoms with Gasteiger partial charge in [-0.05, 0) is 30.5 Å². The lowest BCUT2D eigenvalue weighted by atomic mass is 10.1. The van der Waals surface area contributed by atoms with Crippen molar-refractivity contribution in [1.82, 2.24) is 5.32 Å². The minimum absolute atomic E-state index is 0.0404. The van der Waals surface area contributed by atoms with Crippen molar-refractivity contribution in [3.63, 3.8) is 0 Å². The molecule has 0 saturated carbocycles. The average molecular weight is 285 g/mol. The highest BCUT2D eigenvalue weighted by atomic mass is 32.1. The molecular formula is C16H15NO2S. The SMILES string of the molecule is CC(NC(=O)c1ccccc1C#CCO)c1cccs1. The van der Waals surface area contributed by atoms with E-state index in [0.717, 1.165) is 4.88 Å². The van der Waals surface area contributed by atoms with Crippen molar-refractivity contribution < 1.29 is 9.90 Å². The molecule has 2 rings (SSSR count). The number of aliphatic hydroxyl groups excluding tert-OH is 1. The summed E-state index contributed by atoms with van der Waals surface area (Å²) in [5.74, 6) is 5.20. The smallest absolute Gasteiger partial charge is 0.253 e. The second-order valence-electron chi connectivity index (χ2n) is 4.22. The summed E-state index contributed by atoms with van der Waals surface area (Å²) in [5.41, 5.74) is 1.15. The highest BCUT2D eigenvalue weighted by Gasteiger charge is 2.14. The summed E-state index contributed by atoms with van der Waals surface area (Å²) in [4.78, 5) is 13.4. The Balaban J connectivity index is 2.17. The fourth-order valence-corrected chi connectivity index (χ4v) is 2.54. The van der Waals surface area contributed by atoms with E-state index in [1.807, 2.05) is 30.5 Å². The molecule has 1 amide bonds. The van der Waals surface area contributed by atoms with Crippen LogP contribution in [0.5, 0.6) is 0 Å². The first kappa shape index (κ1) is 14.3. The van der Waals surface area contributed by atoms with Crippen LogP contribution in [0, 0.1) is 11.8 Å². The van der Waals surface area contributed by atoms with Crippen LogP contribution in [0.2, 0.25) is 0 Å². The maximum atomic E-state index is 12.3. The molecule has 0 saturated heterocycles. The lowest BCUT2D eigenvalue weighted by Crippen LogP contribution is -2.26. The Labute approximate surface area is 122 Å². The Morgan fingerprint density at radius 1 is 1.35 bits per heavy atom. The van der Waals surface area contributed by atoms with Crippen molar-refractivity contribution in [3.05, 3.63) is 57.8 Å². The number of carbonyl (C=O) groups is 1. The van der Waals surface area contributed by atoms with Gasteiger partial charge in [0.2, 0.25) is 0 Å². The Bertz CT molecular complexity index is 638. The molecule has 0 aliphatic rings. The van der Waals surface area contributed by atoms with Crippen LogP contribution in [0.4, 0.5) is 0 Å². The predicted molar refractivity (Wildman–Crippen MR) is 80.6 cm³/mol. The first-order chi connectivity index (χ1) is 9.72. The van der Waals surface area contributed by atoms with E-state index >= 15 is 0 Å². The van der Waals surface area contributed by atoms with E-state index in [9.17, 15) is 4.79 Å². The van der Waals surface area contributed by atoms with Gasteiger partial charge in [0.15, 0.2) is 0 Å². The van der Waals surface area contributed by atoms with Crippen LogP contribution in [-0.2, 0) is 0 Å². The summed E-state index contributed by atoms with van der Waals surface area (Å²) in [7, 11) is 0. The Morgan fingerprint density at radius 3 is 2.85 bits per heavy atom. The molecule has 2 N–H and O–H groups in total. The van der Waals surface area contributed by atoms with Crippen LogP contribution in [0.3, 0.4) is 0 Å². The van der Waals surface area contributed by atoms with Gasteiger partial charge in [0.05, 0.1) is 11.6 Å². The number of thiophene rings is 1. The third-order valence-electron chi connectivity index (χ3n) is 2.79. The largest absolute Gasteiger partial charge is 0.384 e. The molecular weight excluding hydrogens is 270 g/mol. The summed E-state index contributed by atoms with van der Waals surface area (Å²) in [6, 6.07) is 11.0. The lowest BCUT2D eigenvalue weighted by Gasteiger charge is -2.13.